The summed E-state index contributed by atoms with van der Waals surface area (Å²) in [5, 5.41) is 28.4. The Labute approximate surface area is 79.3 Å². The molecule has 1 heterocycles. The topological polar surface area (TPSA) is 69.9 Å². The number of hydrogen-bond donors (Lipinski definition) is 3. The zero-order chi connectivity index (χ0) is 9.30. The molecule has 3 N–H and O–H groups in total. The van der Waals surface area contributed by atoms with E-state index in [4.69, 9.17) is 4.74 Å². The Bertz CT molecular complexity index is 150. The van der Waals surface area contributed by atoms with Gasteiger partial charge in [-0.3, -0.25) is 0 Å². The molecule has 5 unspecified atom stereocenters. The lowest BCUT2D eigenvalue weighted by molar-refractivity contribution is -0.210. The van der Waals surface area contributed by atoms with Crippen LogP contribution in [0.3, 0.4) is 0 Å². The lowest BCUT2D eigenvalue weighted by Crippen LogP contribution is -2.57. The number of hydrogen-bond acceptors (Lipinski definition) is 4. The van der Waals surface area contributed by atoms with Gasteiger partial charge in [0.15, 0.2) is 0 Å². The van der Waals surface area contributed by atoms with Crippen LogP contribution >= 0.6 is 15.9 Å². The Kier molecular flexibility index (Phi) is 3.48. The number of aliphatic hydroxyl groups is 3. The fourth-order valence-electron chi connectivity index (χ4n) is 1.26. The van der Waals surface area contributed by atoms with Crippen LogP contribution < -0.4 is 0 Å². The summed E-state index contributed by atoms with van der Waals surface area (Å²) in [5.41, 5.74) is 0. The highest BCUT2D eigenvalue weighted by Gasteiger charge is 2.40. The van der Waals surface area contributed by atoms with Crippen LogP contribution in [0.5, 0.6) is 0 Å². The first-order chi connectivity index (χ1) is 5.57. The summed E-state index contributed by atoms with van der Waals surface area (Å²) in [4.78, 5) is 0. The van der Waals surface area contributed by atoms with Crippen LogP contribution in [0, 0.1) is 0 Å². The summed E-state index contributed by atoms with van der Waals surface area (Å²) < 4.78 is 5.22. The monoisotopic (exact) mass is 240 g/mol. The first kappa shape index (κ1) is 10.4. The predicted octanol–water partition coefficient (Wildman–Crippen LogP) is -0.749. The third-order valence-electron chi connectivity index (χ3n) is 2.10. The zero-order valence-electron chi connectivity index (χ0n) is 6.72. The number of ether oxygens (including phenoxy) is 1. The van der Waals surface area contributed by atoms with Gasteiger partial charge in [0.2, 0.25) is 0 Å². The van der Waals surface area contributed by atoms with Gasteiger partial charge in [0.25, 0.3) is 0 Å². The average molecular weight is 241 g/mol. The van der Waals surface area contributed by atoms with Crippen molar-refractivity contribution >= 4 is 15.9 Å². The minimum atomic E-state index is -1.11. The van der Waals surface area contributed by atoms with E-state index in [2.05, 4.69) is 15.9 Å². The molecule has 0 bridgehead atoms. The number of rotatable bonds is 1. The van der Waals surface area contributed by atoms with Gasteiger partial charge in [0, 0.05) is 5.33 Å². The smallest absolute Gasteiger partial charge is 0.111 e. The molecule has 0 amide bonds. The molecule has 1 aliphatic heterocycles. The van der Waals surface area contributed by atoms with Crippen LogP contribution in [-0.2, 0) is 4.74 Å². The molecule has 1 rings (SSSR count). The van der Waals surface area contributed by atoms with Gasteiger partial charge in [-0.25, -0.2) is 0 Å². The van der Waals surface area contributed by atoms with Crippen LogP contribution in [0.1, 0.15) is 6.92 Å². The maximum atomic E-state index is 9.36. The maximum absolute atomic E-state index is 9.36. The van der Waals surface area contributed by atoms with Gasteiger partial charge < -0.3 is 20.1 Å². The summed E-state index contributed by atoms with van der Waals surface area (Å²) in [5.74, 6) is 0. The van der Waals surface area contributed by atoms with Crippen molar-refractivity contribution in [3.05, 3.63) is 0 Å². The molecule has 12 heavy (non-hydrogen) atoms. The minimum Gasteiger partial charge on any atom is -0.388 e. The molecule has 1 saturated heterocycles. The van der Waals surface area contributed by atoms with Crippen molar-refractivity contribution in [3.8, 4) is 0 Å². The number of halogens is 1. The van der Waals surface area contributed by atoms with Crippen molar-refractivity contribution in [2.45, 2.75) is 37.4 Å². The average Bonchev–Trinajstić information content (AvgIpc) is 2.08. The van der Waals surface area contributed by atoms with E-state index < -0.39 is 30.5 Å². The van der Waals surface area contributed by atoms with Crippen LogP contribution in [0.2, 0.25) is 0 Å². The Morgan fingerprint density at radius 3 is 2.25 bits per heavy atom. The Morgan fingerprint density at radius 1 is 1.17 bits per heavy atom. The van der Waals surface area contributed by atoms with Gasteiger partial charge in [-0.15, -0.1) is 0 Å². The quantitative estimate of drug-likeness (QED) is 0.528. The fourth-order valence-corrected chi connectivity index (χ4v) is 1.80. The molecule has 0 aromatic carbocycles. The van der Waals surface area contributed by atoms with Crippen LogP contribution in [-0.4, -0.2) is 51.2 Å². The first-order valence-corrected chi connectivity index (χ1v) is 4.95. The Balaban J connectivity index is 2.63. The molecule has 0 saturated carbocycles. The number of aliphatic hydroxyl groups excluding tert-OH is 3. The summed E-state index contributed by atoms with van der Waals surface area (Å²) >= 11 is 3.15. The number of alkyl halides is 1. The lowest BCUT2D eigenvalue weighted by atomic mass is 9.97. The van der Waals surface area contributed by atoms with Gasteiger partial charge in [-0.05, 0) is 6.92 Å². The normalized spacial score (nSPS) is 49.2. The molecular weight excluding hydrogens is 228 g/mol. The molecule has 72 valence electrons. The third kappa shape index (κ3) is 1.80. The highest BCUT2D eigenvalue weighted by Crippen LogP contribution is 2.21. The van der Waals surface area contributed by atoms with Gasteiger partial charge in [0.05, 0.1) is 12.2 Å². The first-order valence-electron chi connectivity index (χ1n) is 3.83. The van der Waals surface area contributed by atoms with Crippen molar-refractivity contribution in [2.24, 2.45) is 0 Å². The molecule has 5 atom stereocenters. The molecular formula is C7H13BrO4. The Morgan fingerprint density at radius 2 is 1.75 bits per heavy atom. The van der Waals surface area contributed by atoms with E-state index >= 15 is 0 Å². The van der Waals surface area contributed by atoms with Crippen LogP contribution in [0.25, 0.3) is 0 Å². The second kappa shape index (κ2) is 4.02. The van der Waals surface area contributed by atoms with Crippen molar-refractivity contribution in [3.63, 3.8) is 0 Å². The molecule has 0 radical (unpaired) electrons. The molecule has 4 nitrogen and oxygen atoms in total. The van der Waals surface area contributed by atoms with Crippen LogP contribution in [0.15, 0.2) is 0 Å². The second-order valence-electron chi connectivity index (χ2n) is 3.01. The molecule has 0 aromatic heterocycles. The van der Waals surface area contributed by atoms with Gasteiger partial charge in [-0.2, -0.15) is 0 Å². The van der Waals surface area contributed by atoms with Gasteiger partial charge >= 0.3 is 0 Å². The summed E-state index contributed by atoms with van der Waals surface area (Å²) in [6.07, 6.45) is -4.02. The summed E-state index contributed by atoms with van der Waals surface area (Å²) in [7, 11) is 0. The molecule has 1 aliphatic rings. The second-order valence-corrected chi connectivity index (χ2v) is 3.65. The largest absolute Gasteiger partial charge is 0.388 e. The highest BCUT2D eigenvalue weighted by molar-refractivity contribution is 9.09. The molecule has 0 aromatic rings. The van der Waals surface area contributed by atoms with Gasteiger partial charge in [0.1, 0.15) is 18.3 Å². The van der Waals surface area contributed by atoms with E-state index in [-0.39, 0.29) is 0 Å². The van der Waals surface area contributed by atoms with E-state index in [0.717, 1.165) is 0 Å². The van der Waals surface area contributed by atoms with E-state index in [1.165, 1.54) is 0 Å². The van der Waals surface area contributed by atoms with E-state index in [1.807, 2.05) is 0 Å². The van der Waals surface area contributed by atoms with Crippen molar-refractivity contribution < 1.29 is 20.1 Å². The van der Waals surface area contributed by atoms with Crippen molar-refractivity contribution in [1.29, 1.82) is 0 Å². The standard InChI is InChI=1S/C7H13BrO4/c1-3-5(9)7(11)6(10)4(2-8)12-3/h3-7,9-11H,2H2,1H3. The van der Waals surface area contributed by atoms with Gasteiger partial charge in [-0.1, -0.05) is 15.9 Å². The predicted molar refractivity (Wildman–Crippen MR) is 46.1 cm³/mol. The molecule has 1 fully saturated rings. The molecule has 0 spiro atoms. The molecule has 5 heteroatoms. The van der Waals surface area contributed by atoms with E-state index in [0.29, 0.717) is 5.33 Å². The Hall–Kier alpha value is 0.320. The van der Waals surface area contributed by atoms with E-state index in [9.17, 15) is 15.3 Å². The van der Waals surface area contributed by atoms with E-state index in [1.54, 1.807) is 6.92 Å². The highest BCUT2D eigenvalue weighted by atomic mass is 79.9. The zero-order valence-corrected chi connectivity index (χ0v) is 8.31. The fraction of sp³-hybridized carbons (Fsp3) is 1.00. The SMILES string of the molecule is CC1OC(CBr)C(O)C(O)C1O. The molecule has 0 aliphatic carbocycles. The van der Waals surface area contributed by atoms with Crippen molar-refractivity contribution in [2.75, 3.05) is 5.33 Å². The summed E-state index contributed by atoms with van der Waals surface area (Å²) in [6.45, 7) is 1.66. The third-order valence-corrected chi connectivity index (χ3v) is 2.74. The van der Waals surface area contributed by atoms with Crippen molar-refractivity contribution in [1.82, 2.24) is 0 Å². The van der Waals surface area contributed by atoms with Crippen LogP contribution in [0.4, 0.5) is 0 Å². The summed E-state index contributed by atoms with van der Waals surface area (Å²) in [6, 6.07) is 0. The maximum Gasteiger partial charge on any atom is 0.111 e. The minimum absolute atomic E-state index is 0.439. The lowest BCUT2D eigenvalue weighted by Gasteiger charge is -2.38.